The molecule has 0 unspecified atom stereocenters. The van der Waals surface area contributed by atoms with Gasteiger partial charge in [0, 0.05) is 12.5 Å². The number of amides is 2. The van der Waals surface area contributed by atoms with Crippen molar-refractivity contribution in [3.63, 3.8) is 0 Å². The van der Waals surface area contributed by atoms with Crippen LogP contribution < -0.4 is 15.5 Å². The molecule has 0 saturated heterocycles. The quantitative estimate of drug-likeness (QED) is 0.116. The lowest BCUT2D eigenvalue weighted by molar-refractivity contribution is -0.114. The van der Waals surface area contributed by atoms with Gasteiger partial charge in [0.2, 0.25) is 5.91 Å². The molecule has 2 aromatic rings. The molecule has 0 spiro atoms. The number of ether oxygens (including phenoxy) is 1. The summed E-state index contributed by atoms with van der Waals surface area (Å²) in [4.78, 5) is 43.5. The molecule has 208 valence electrons. The van der Waals surface area contributed by atoms with Crippen molar-refractivity contribution in [3.05, 3.63) is 57.1 Å². The standard InChI is InChI=1S/C29H38Cl2N2O5/c1-4-5-6-7-8-9-10-11-12-13-18-38-33-29(36)23-19-24(32-20(2)34)26(30)27(31)25(23)28(35)21-14-16-22(37-3)17-15-21/h14-17,19H,4-13,18H2,1-3H3,(H,32,34)(H,33,36). The predicted octanol–water partition coefficient (Wildman–Crippen LogP) is 7.77. The van der Waals surface area contributed by atoms with Gasteiger partial charge in [-0.3, -0.25) is 19.2 Å². The molecule has 0 aliphatic heterocycles. The Morgan fingerprint density at radius 3 is 1.97 bits per heavy atom. The van der Waals surface area contributed by atoms with E-state index in [9.17, 15) is 14.4 Å². The van der Waals surface area contributed by atoms with Crippen molar-refractivity contribution in [2.45, 2.75) is 78.1 Å². The van der Waals surface area contributed by atoms with Crippen LogP contribution in [0.1, 0.15) is 104 Å². The maximum Gasteiger partial charge on any atom is 0.275 e. The first kappa shape index (κ1) is 31.6. The average Bonchev–Trinajstić information content (AvgIpc) is 2.91. The molecule has 0 fully saturated rings. The Hall–Kier alpha value is -2.61. The summed E-state index contributed by atoms with van der Waals surface area (Å²) < 4.78 is 5.14. The van der Waals surface area contributed by atoms with E-state index in [0.29, 0.717) is 12.4 Å². The number of unbranched alkanes of at least 4 members (excludes halogenated alkanes) is 9. The lowest BCUT2D eigenvalue weighted by Gasteiger charge is -2.16. The van der Waals surface area contributed by atoms with Crippen LogP contribution in [-0.4, -0.2) is 31.3 Å². The number of rotatable bonds is 17. The van der Waals surface area contributed by atoms with E-state index < -0.39 is 17.6 Å². The number of carbonyl (C=O) groups excluding carboxylic acids is 3. The lowest BCUT2D eigenvalue weighted by Crippen LogP contribution is -2.27. The highest BCUT2D eigenvalue weighted by Crippen LogP contribution is 2.37. The monoisotopic (exact) mass is 564 g/mol. The number of anilines is 1. The number of benzene rings is 2. The summed E-state index contributed by atoms with van der Waals surface area (Å²) in [5.74, 6) is -1.00. The highest BCUT2D eigenvalue weighted by molar-refractivity contribution is 6.47. The van der Waals surface area contributed by atoms with Crippen LogP contribution in [0.4, 0.5) is 5.69 Å². The van der Waals surface area contributed by atoms with Gasteiger partial charge in [-0.05, 0) is 36.8 Å². The van der Waals surface area contributed by atoms with Gasteiger partial charge in [-0.15, -0.1) is 0 Å². The minimum Gasteiger partial charge on any atom is -0.497 e. The molecule has 0 saturated carbocycles. The van der Waals surface area contributed by atoms with Crippen LogP contribution in [0.25, 0.3) is 0 Å². The number of hydrogen-bond donors (Lipinski definition) is 2. The van der Waals surface area contributed by atoms with Crippen LogP contribution in [0.15, 0.2) is 30.3 Å². The van der Waals surface area contributed by atoms with Crippen LogP contribution in [0.5, 0.6) is 5.75 Å². The molecule has 0 atom stereocenters. The van der Waals surface area contributed by atoms with Gasteiger partial charge in [-0.1, -0.05) is 87.9 Å². The van der Waals surface area contributed by atoms with Crippen molar-refractivity contribution < 1.29 is 24.0 Å². The molecule has 0 aromatic heterocycles. The second-order valence-electron chi connectivity index (χ2n) is 9.18. The Kier molecular flexibility index (Phi) is 14.2. The minimum absolute atomic E-state index is 0.0402. The van der Waals surface area contributed by atoms with Crippen molar-refractivity contribution >= 4 is 46.5 Å². The number of halogens is 2. The van der Waals surface area contributed by atoms with Gasteiger partial charge in [-0.25, -0.2) is 5.48 Å². The van der Waals surface area contributed by atoms with Crippen LogP contribution in [0, 0.1) is 0 Å². The maximum atomic E-state index is 13.4. The zero-order valence-corrected chi connectivity index (χ0v) is 24.0. The van der Waals surface area contributed by atoms with Crippen molar-refractivity contribution in [2.24, 2.45) is 0 Å². The summed E-state index contributed by atoms with van der Waals surface area (Å²) in [6.07, 6.45) is 11.9. The molecule has 0 aliphatic carbocycles. The third-order valence-electron chi connectivity index (χ3n) is 6.11. The van der Waals surface area contributed by atoms with Gasteiger partial charge in [0.05, 0.1) is 40.6 Å². The third-order valence-corrected chi connectivity index (χ3v) is 6.97. The SMILES string of the molecule is CCCCCCCCCCCCONC(=O)c1cc(NC(C)=O)c(Cl)c(Cl)c1C(=O)c1ccc(OC)cc1. The van der Waals surface area contributed by atoms with Gasteiger partial charge < -0.3 is 10.1 Å². The number of methoxy groups -OCH3 is 1. The van der Waals surface area contributed by atoms with Gasteiger partial charge in [-0.2, -0.15) is 0 Å². The second-order valence-corrected chi connectivity index (χ2v) is 9.93. The van der Waals surface area contributed by atoms with Crippen LogP contribution in [0.3, 0.4) is 0 Å². The molecule has 2 amide bonds. The first-order chi connectivity index (χ1) is 18.3. The summed E-state index contributed by atoms with van der Waals surface area (Å²) in [7, 11) is 1.52. The molecule has 0 bridgehead atoms. The Morgan fingerprint density at radius 2 is 1.42 bits per heavy atom. The molecule has 0 aliphatic rings. The molecule has 0 heterocycles. The largest absolute Gasteiger partial charge is 0.497 e. The number of ketones is 1. The van der Waals surface area contributed by atoms with Crippen molar-refractivity contribution in [1.29, 1.82) is 0 Å². The summed E-state index contributed by atoms with van der Waals surface area (Å²) in [6.45, 7) is 3.86. The fourth-order valence-electron chi connectivity index (χ4n) is 4.03. The Bertz CT molecular complexity index is 1070. The predicted molar refractivity (Wildman–Crippen MR) is 152 cm³/mol. The molecule has 7 nitrogen and oxygen atoms in total. The molecule has 2 N–H and O–H groups in total. The molecule has 2 rings (SSSR count). The highest BCUT2D eigenvalue weighted by Gasteiger charge is 2.26. The number of hydrogen-bond acceptors (Lipinski definition) is 5. The Morgan fingerprint density at radius 1 is 0.842 bits per heavy atom. The van der Waals surface area contributed by atoms with Gasteiger partial charge in [0.1, 0.15) is 5.75 Å². The third kappa shape index (κ3) is 9.93. The molecule has 38 heavy (non-hydrogen) atoms. The lowest BCUT2D eigenvalue weighted by atomic mass is 9.97. The van der Waals surface area contributed by atoms with Crippen LogP contribution in [-0.2, 0) is 9.63 Å². The number of hydroxylamine groups is 1. The first-order valence-corrected chi connectivity index (χ1v) is 14.0. The van der Waals surface area contributed by atoms with Crippen molar-refractivity contribution in [1.82, 2.24) is 5.48 Å². The zero-order chi connectivity index (χ0) is 27.9. The smallest absolute Gasteiger partial charge is 0.275 e. The van der Waals surface area contributed by atoms with E-state index >= 15 is 0 Å². The van der Waals surface area contributed by atoms with Gasteiger partial charge in [0.25, 0.3) is 5.91 Å². The summed E-state index contributed by atoms with van der Waals surface area (Å²) in [5.41, 5.74) is 2.66. The highest BCUT2D eigenvalue weighted by atomic mass is 35.5. The average molecular weight is 566 g/mol. The number of carbonyl (C=O) groups is 3. The Balaban J connectivity index is 2.03. The molecular weight excluding hydrogens is 527 g/mol. The zero-order valence-electron chi connectivity index (χ0n) is 22.5. The molecule has 9 heteroatoms. The summed E-state index contributed by atoms with van der Waals surface area (Å²) in [5, 5.41) is 2.36. The van der Waals surface area contributed by atoms with E-state index in [4.69, 9.17) is 32.8 Å². The van der Waals surface area contributed by atoms with Gasteiger partial charge in [0.15, 0.2) is 5.78 Å². The molecule has 2 aromatic carbocycles. The summed E-state index contributed by atoms with van der Waals surface area (Å²) >= 11 is 12.8. The topological polar surface area (TPSA) is 93.7 Å². The molecular formula is C29H38Cl2N2O5. The van der Waals surface area contributed by atoms with E-state index in [1.807, 2.05) is 0 Å². The fourth-order valence-corrected chi connectivity index (χ4v) is 4.51. The van der Waals surface area contributed by atoms with E-state index in [1.54, 1.807) is 24.3 Å². The fraction of sp³-hybridized carbons (Fsp3) is 0.483. The first-order valence-electron chi connectivity index (χ1n) is 13.2. The minimum atomic E-state index is -0.667. The van der Waals surface area contributed by atoms with E-state index in [1.165, 1.54) is 65.0 Å². The number of nitrogens with one attached hydrogen (secondary N) is 2. The van der Waals surface area contributed by atoms with E-state index in [2.05, 4.69) is 17.7 Å². The van der Waals surface area contributed by atoms with Crippen LogP contribution in [0.2, 0.25) is 10.0 Å². The van der Waals surface area contributed by atoms with E-state index in [0.717, 1.165) is 19.3 Å². The normalized spacial score (nSPS) is 10.8. The van der Waals surface area contributed by atoms with Gasteiger partial charge >= 0.3 is 0 Å². The van der Waals surface area contributed by atoms with Crippen molar-refractivity contribution in [2.75, 3.05) is 19.0 Å². The van der Waals surface area contributed by atoms with Crippen molar-refractivity contribution in [3.8, 4) is 5.75 Å². The second kappa shape index (κ2) is 17.1. The maximum absolute atomic E-state index is 13.4. The molecule has 0 radical (unpaired) electrons. The summed E-state index contributed by atoms with van der Waals surface area (Å²) in [6, 6.07) is 7.71. The Labute approximate surface area is 235 Å². The van der Waals surface area contributed by atoms with Crippen LogP contribution >= 0.6 is 23.2 Å². The van der Waals surface area contributed by atoms with E-state index in [-0.39, 0.29) is 32.4 Å².